The van der Waals surface area contributed by atoms with Crippen molar-refractivity contribution in [3.63, 3.8) is 0 Å². The lowest BCUT2D eigenvalue weighted by Crippen LogP contribution is -2.19. The first-order valence-corrected chi connectivity index (χ1v) is 6.40. The SMILES string of the molecule is O=C(CCOCC(F)(F)F)c1cccc2c1OCCC2. The van der Waals surface area contributed by atoms with Gasteiger partial charge in [0.1, 0.15) is 12.4 Å². The Labute approximate surface area is 114 Å². The summed E-state index contributed by atoms with van der Waals surface area (Å²) in [5, 5.41) is 0. The van der Waals surface area contributed by atoms with Crippen molar-refractivity contribution in [2.45, 2.75) is 25.4 Å². The zero-order valence-electron chi connectivity index (χ0n) is 10.8. The molecule has 0 amide bonds. The second-order valence-corrected chi connectivity index (χ2v) is 4.59. The number of halogens is 3. The average molecular weight is 288 g/mol. The Hall–Kier alpha value is -1.56. The highest BCUT2D eigenvalue weighted by molar-refractivity contribution is 5.99. The third kappa shape index (κ3) is 3.96. The molecule has 6 heteroatoms. The van der Waals surface area contributed by atoms with Gasteiger partial charge in [-0.2, -0.15) is 13.2 Å². The number of rotatable bonds is 5. The number of carbonyl (C=O) groups is 1. The van der Waals surface area contributed by atoms with Crippen LogP contribution in [0.4, 0.5) is 13.2 Å². The number of alkyl halides is 3. The van der Waals surface area contributed by atoms with E-state index in [4.69, 9.17) is 4.74 Å². The second kappa shape index (κ2) is 6.26. The first kappa shape index (κ1) is 14.8. The van der Waals surface area contributed by atoms with E-state index in [0.29, 0.717) is 17.9 Å². The molecular weight excluding hydrogens is 273 g/mol. The molecule has 2 rings (SSSR count). The fourth-order valence-electron chi connectivity index (χ4n) is 2.10. The van der Waals surface area contributed by atoms with E-state index in [1.54, 1.807) is 12.1 Å². The van der Waals surface area contributed by atoms with Gasteiger partial charge in [-0.1, -0.05) is 12.1 Å². The van der Waals surface area contributed by atoms with Gasteiger partial charge in [0.05, 0.1) is 18.8 Å². The molecule has 110 valence electrons. The molecule has 1 aromatic rings. The Kier molecular flexibility index (Phi) is 4.65. The first-order chi connectivity index (χ1) is 9.47. The van der Waals surface area contributed by atoms with Gasteiger partial charge >= 0.3 is 6.18 Å². The third-order valence-electron chi connectivity index (χ3n) is 2.97. The molecule has 1 aliphatic heterocycles. The number of aryl methyl sites for hydroxylation is 1. The van der Waals surface area contributed by atoms with Crippen molar-refractivity contribution in [2.24, 2.45) is 0 Å². The second-order valence-electron chi connectivity index (χ2n) is 4.59. The van der Waals surface area contributed by atoms with Crippen molar-refractivity contribution in [3.8, 4) is 5.75 Å². The van der Waals surface area contributed by atoms with E-state index >= 15 is 0 Å². The average Bonchev–Trinajstić information content (AvgIpc) is 2.41. The van der Waals surface area contributed by atoms with Gasteiger partial charge in [-0.05, 0) is 24.5 Å². The van der Waals surface area contributed by atoms with Gasteiger partial charge in [0.15, 0.2) is 5.78 Å². The van der Waals surface area contributed by atoms with E-state index in [2.05, 4.69) is 4.74 Å². The van der Waals surface area contributed by atoms with Gasteiger partial charge in [-0.3, -0.25) is 4.79 Å². The van der Waals surface area contributed by atoms with E-state index in [0.717, 1.165) is 18.4 Å². The highest BCUT2D eigenvalue weighted by atomic mass is 19.4. The molecule has 0 N–H and O–H groups in total. The summed E-state index contributed by atoms with van der Waals surface area (Å²) in [6.07, 6.45) is -2.70. The Morgan fingerprint density at radius 2 is 2.15 bits per heavy atom. The van der Waals surface area contributed by atoms with E-state index < -0.39 is 12.8 Å². The van der Waals surface area contributed by atoms with Gasteiger partial charge < -0.3 is 9.47 Å². The maximum Gasteiger partial charge on any atom is 0.411 e. The monoisotopic (exact) mass is 288 g/mol. The van der Waals surface area contributed by atoms with Crippen LogP contribution in [0.2, 0.25) is 0 Å². The van der Waals surface area contributed by atoms with Gasteiger partial charge in [-0.15, -0.1) is 0 Å². The summed E-state index contributed by atoms with van der Waals surface area (Å²) in [6.45, 7) is -1.02. The van der Waals surface area contributed by atoms with E-state index in [9.17, 15) is 18.0 Å². The highest BCUT2D eigenvalue weighted by Gasteiger charge is 2.27. The minimum atomic E-state index is -4.36. The quantitative estimate of drug-likeness (QED) is 0.616. The number of ether oxygens (including phenoxy) is 2. The normalized spacial score (nSPS) is 14.6. The van der Waals surface area contributed by atoms with Gasteiger partial charge in [0.25, 0.3) is 0 Å². The van der Waals surface area contributed by atoms with Crippen LogP contribution in [0.1, 0.15) is 28.8 Å². The number of Topliss-reactive ketones (excluding diaryl/α,β-unsaturated/α-hetero) is 1. The van der Waals surface area contributed by atoms with Crippen LogP contribution >= 0.6 is 0 Å². The maximum atomic E-state index is 12.0. The van der Waals surface area contributed by atoms with Crippen molar-refractivity contribution in [3.05, 3.63) is 29.3 Å². The van der Waals surface area contributed by atoms with Gasteiger partial charge in [0, 0.05) is 6.42 Å². The zero-order valence-corrected chi connectivity index (χ0v) is 10.8. The van der Waals surface area contributed by atoms with Crippen molar-refractivity contribution >= 4 is 5.78 Å². The molecule has 1 heterocycles. The number of ketones is 1. The summed E-state index contributed by atoms with van der Waals surface area (Å²) in [7, 11) is 0. The van der Waals surface area contributed by atoms with Crippen molar-refractivity contribution in [1.82, 2.24) is 0 Å². The molecule has 1 aromatic carbocycles. The number of hydrogen-bond acceptors (Lipinski definition) is 3. The lowest BCUT2D eigenvalue weighted by atomic mass is 9.99. The van der Waals surface area contributed by atoms with Crippen LogP contribution in [-0.2, 0) is 11.2 Å². The molecule has 0 saturated carbocycles. The molecule has 1 aliphatic rings. The smallest absolute Gasteiger partial charge is 0.411 e. The summed E-state index contributed by atoms with van der Waals surface area (Å²) >= 11 is 0. The highest BCUT2D eigenvalue weighted by Crippen LogP contribution is 2.29. The molecule has 0 unspecified atom stereocenters. The van der Waals surface area contributed by atoms with Crippen LogP contribution in [0.5, 0.6) is 5.75 Å². The summed E-state index contributed by atoms with van der Waals surface area (Å²) in [6, 6.07) is 5.29. The molecule has 0 spiro atoms. The Bertz CT molecular complexity index is 483. The summed E-state index contributed by atoms with van der Waals surface area (Å²) in [5.41, 5.74) is 1.40. The van der Waals surface area contributed by atoms with Crippen LogP contribution in [0.3, 0.4) is 0 Å². The lowest BCUT2D eigenvalue weighted by Gasteiger charge is -2.19. The molecule has 0 aliphatic carbocycles. The number of para-hydroxylation sites is 1. The minimum absolute atomic E-state index is 0.0874. The molecule has 20 heavy (non-hydrogen) atoms. The maximum absolute atomic E-state index is 12.0. The summed E-state index contributed by atoms with van der Waals surface area (Å²) < 4.78 is 45.6. The Balaban J connectivity index is 1.93. The van der Waals surface area contributed by atoms with Crippen molar-refractivity contribution in [2.75, 3.05) is 19.8 Å². The predicted molar refractivity (Wildman–Crippen MR) is 66.1 cm³/mol. The number of benzene rings is 1. The first-order valence-electron chi connectivity index (χ1n) is 6.40. The topological polar surface area (TPSA) is 35.5 Å². The molecule has 0 radical (unpaired) electrons. The fraction of sp³-hybridized carbons (Fsp3) is 0.500. The molecule has 0 atom stereocenters. The molecule has 0 aromatic heterocycles. The molecule has 0 saturated heterocycles. The van der Waals surface area contributed by atoms with Crippen LogP contribution < -0.4 is 4.74 Å². The molecular formula is C14H15F3O3. The summed E-state index contributed by atoms with van der Waals surface area (Å²) in [4.78, 5) is 12.0. The lowest BCUT2D eigenvalue weighted by molar-refractivity contribution is -0.173. The van der Waals surface area contributed by atoms with Gasteiger partial charge in [0.2, 0.25) is 0 Å². The number of hydrogen-bond donors (Lipinski definition) is 0. The van der Waals surface area contributed by atoms with E-state index in [1.807, 2.05) is 6.07 Å². The minimum Gasteiger partial charge on any atom is -0.493 e. The van der Waals surface area contributed by atoms with Crippen LogP contribution in [0, 0.1) is 0 Å². The van der Waals surface area contributed by atoms with Gasteiger partial charge in [-0.25, -0.2) is 0 Å². The predicted octanol–water partition coefficient (Wildman–Crippen LogP) is 3.16. The fourth-order valence-corrected chi connectivity index (χ4v) is 2.10. The summed E-state index contributed by atoms with van der Waals surface area (Å²) in [5.74, 6) is 0.311. The Morgan fingerprint density at radius 3 is 2.90 bits per heavy atom. The van der Waals surface area contributed by atoms with Crippen molar-refractivity contribution < 1.29 is 27.4 Å². The molecule has 0 bridgehead atoms. The molecule has 0 fully saturated rings. The standard InChI is InChI=1S/C14H15F3O3/c15-14(16,17)9-19-8-6-12(18)11-5-1-3-10-4-2-7-20-13(10)11/h1,3,5H,2,4,6-9H2. The Morgan fingerprint density at radius 1 is 1.35 bits per heavy atom. The van der Waals surface area contributed by atoms with E-state index in [1.165, 1.54) is 0 Å². The number of fused-ring (bicyclic) bond motifs is 1. The molecule has 3 nitrogen and oxygen atoms in total. The van der Waals surface area contributed by atoms with Crippen LogP contribution in [0.25, 0.3) is 0 Å². The van der Waals surface area contributed by atoms with Crippen LogP contribution in [0.15, 0.2) is 18.2 Å². The number of carbonyl (C=O) groups excluding carboxylic acids is 1. The van der Waals surface area contributed by atoms with Crippen LogP contribution in [-0.4, -0.2) is 31.8 Å². The largest absolute Gasteiger partial charge is 0.493 e. The zero-order chi connectivity index (χ0) is 14.6. The van der Waals surface area contributed by atoms with E-state index in [-0.39, 0.29) is 18.8 Å². The van der Waals surface area contributed by atoms with Crippen molar-refractivity contribution in [1.29, 1.82) is 0 Å². The third-order valence-corrected chi connectivity index (χ3v) is 2.97.